The number of nitrogen functional groups attached to an aromatic ring is 1. The van der Waals surface area contributed by atoms with Crippen molar-refractivity contribution in [2.75, 3.05) is 83.5 Å². The van der Waals surface area contributed by atoms with Gasteiger partial charge in [0.1, 0.15) is 36.3 Å². The van der Waals surface area contributed by atoms with E-state index in [9.17, 15) is 86.7 Å². The number of aliphatic imine (C=N–C) groups is 1. The molecule has 6 rings (SSSR count). The predicted octanol–water partition coefficient (Wildman–Crippen LogP) is 3.33. The summed E-state index contributed by atoms with van der Waals surface area (Å²) >= 11 is 0. The van der Waals surface area contributed by atoms with Gasteiger partial charge >= 0.3 is 47.1 Å². The average Bonchev–Trinajstić information content (AvgIpc) is 0.829. The Morgan fingerprint density at radius 2 is 1.48 bits per heavy atom. The van der Waals surface area contributed by atoms with Gasteiger partial charge in [0.2, 0.25) is 29.5 Å². The summed E-state index contributed by atoms with van der Waals surface area (Å²) in [6, 6.07) is 7.15. The van der Waals surface area contributed by atoms with E-state index in [0.29, 0.717) is 30.8 Å². The Hall–Kier alpha value is -7.99. The number of nitrogens with zero attached hydrogens (tertiary/aromatic N) is 4. The van der Waals surface area contributed by atoms with Gasteiger partial charge in [-0.05, 0) is 98.4 Å². The number of aliphatic hydroxyl groups is 1. The highest BCUT2D eigenvalue weighted by atomic mass is 33.1. The number of carboxylic acid groups (broad SMARTS) is 3. The van der Waals surface area contributed by atoms with Crippen molar-refractivity contribution in [2.24, 2.45) is 10.9 Å². The van der Waals surface area contributed by atoms with Crippen LogP contribution in [-0.2, 0) is 92.2 Å². The molecule has 604 valence electrons. The summed E-state index contributed by atoms with van der Waals surface area (Å²) in [5.41, 5.74) is 14.9. The summed E-state index contributed by atoms with van der Waals surface area (Å²) in [5.74, 6) is -3.32. The summed E-state index contributed by atoms with van der Waals surface area (Å²) < 4.78 is 64.1. The SMILES string of the molecule is CCCc1cc2c(cc1C)C(c1ccccc1C(=O)N(C)CCCC(=O)NCCOCCOCCC(=O)NC(CCCSSCCC(=O)NCC#Cc1cn([C@H]3CC(O)[C@@H](COP(=O)(O)OP(=O)(O)OP(=O)(O)O)O3)c(=O)nc1N)C(=O)NC(CC(=O)O)C(=O)NC(CC(=O)O)C(=O)O)C1C=C(C)/C(=N/CC)C=C1C2. The third-order valence-corrected chi connectivity index (χ3v) is 23.4. The fourth-order valence-corrected chi connectivity index (χ4v) is 17.1. The van der Waals surface area contributed by atoms with Crippen molar-refractivity contribution >= 4 is 110 Å². The van der Waals surface area contributed by atoms with E-state index < -0.39 is 127 Å². The van der Waals surface area contributed by atoms with Crippen LogP contribution in [0.25, 0.3) is 0 Å². The first-order chi connectivity index (χ1) is 52.0. The third kappa shape index (κ3) is 29.6. The zero-order valence-corrected chi connectivity index (χ0v) is 65.3. The summed E-state index contributed by atoms with van der Waals surface area (Å²) in [6.45, 7) is 8.48. The first-order valence-corrected chi connectivity index (χ1v) is 41.9. The molecule has 2 aliphatic carbocycles. The van der Waals surface area contributed by atoms with E-state index in [0.717, 1.165) is 46.9 Å². The molecule has 42 heteroatoms. The van der Waals surface area contributed by atoms with E-state index in [-0.39, 0.29) is 119 Å². The number of nitrogens with two attached hydrogens (primary N) is 1. The van der Waals surface area contributed by atoms with Gasteiger partial charge in [0.05, 0.1) is 69.8 Å². The van der Waals surface area contributed by atoms with Gasteiger partial charge in [0.15, 0.2) is 0 Å². The number of amides is 6. The zero-order chi connectivity index (χ0) is 81.0. The van der Waals surface area contributed by atoms with Gasteiger partial charge in [-0.25, -0.2) is 23.3 Å². The lowest BCUT2D eigenvalue weighted by Gasteiger charge is -2.38. The van der Waals surface area contributed by atoms with Gasteiger partial charge in [-0.2, -0.15) is 13.6 Å². The summed E-state index contributed by atoms with van der Waals surface area (Å²) in [4.78, 5) is 174. The van der Waals surface area contributed by atoms with E-state index in [1.54, 1.807) is 11.9 Å². The summed E-state index contributed by atoms with van der Waals surface area (Å²) in [6.07, 6.45) is 2.11. The summed E-state index contributed by atoms with van der Waals surface area (Å²) in [7, 11) is -12.8. The Morgan fingerprint density at radius 1 is 0.809 bits per heavy atom. The number of ether oxygens (including phenoxy) is 3. The number of phosphoric acid groups is 3. The largest absolute Gasteiger partial charge is 0.490 e. The number of anilines is 1. The Morgan fingerprint density at radius 3 is 2.17 bits per heavy atom. The number of carbonyl (C=O) groups is 9. The molecule has 0 bridgehead atoms. The standard InChI is InChI=1S/C68H93N10O27P3S2/c1-6-13-42-32-44-33-45-34-51(70-7-2)41(4)31-49(45)62(48(44)30-40(42)3)46-15-8-9-16-47(46)66(89)77(5)23-11-18-56(80)72-22-25-101-27-26-100-24-19-58(82)73-50(64(87)74-52(35-60(83)84)65(88)75-53(67(90)91)36-61(85)86)17-12-28-109-110-29-20-57(81)71-21-10-14-43-38-78(68(92)76-63(43)69)59-37-54(79)55(103-59)39-102-107(96,97)105-108(98,99)104-106(93,94)95/h8-9,15-16,30-32,34,38,49-50,52-55,59,62,79H,6-7,11-13,17-29,33,35-37,39H2,1-5H3,(H,71,81)(H,72,80)(H,73,82)(H,74,87)(H,75,88)(H,83,84)(H,85,86)(H,90,91)(H,96,97)(H,98,99)(H2,69,76,92)(H2,93,94,95)/b70-51+/t49?,50?,52?,53?,54?,55-,59-,62?/m1/s1. The van der Waals surface area contributed by atoms with Crippen LogP contribution in [0.2, 0.25) is 0 Å². The van der Waals surface area contributed by atoms with E-state index in [1.165, 1.54) is 49.4 Å². The van der Waals surface area contributed by atoms with Crippen LogP contribution < -0.4 is 38.0 Å². The molecule has 0 radical (unpaired) electrons. The van der Waals surface area contributed by atoms with Gasteiger partial charge in [-0.15, -0.1) is 0 Å². The number of fused-ring (bicyclic) bond motifs is 2. The number of aryl methyl sites for hydroxylation is 2. The van der Waals surface area contributed by atoms with Crippen molar-refractivity contribution in [1.82, 2.24) is 41.0 Å². The molecular weight excluding hydrogens is 1550 g/mol. The lowest BCUT2D eigenvalue weighted by molar-refractivity contribution is -0.148. The Labute approximate surface area is 640 Å². The van der Waals surface area contributed by atoms with Crippen LogP contribution in [0.15, 0.2) is 75.7 Å². The molecule has 1 aliphatic heterocycles. The van der Waals surface area contributed by atoms with E-state index in [2.05, 4.69) is 102 Å². The normalized spacial score (nSPS) is 18.9. The highest BCUT2D eigenvalue weighted by Crippen LogP contribution is 2.66. The number of aliphatic carboxylic acids is 3. The first-order valence-electron chi connectivity index (χ1n) is 34.9. The monoisotopic (exact) mass is 1640 g/mol. The van der Waals surface area contributed by atoms with Gasteiger partial charge in [-0.3, -0.25) is 52.4 Å². The van der Waals surface area contributed by atoms with Crippen LogP contribution in [0.4, 0.5) is 5.82 Å². The van der Waals surface area contributed by atoms with Crippen molar-refractivity contribution in [3.05, 3.63) is 115 Å². The smallest absolute Gasteiger partial charge is 0.481 e. The van der Waals surface area contributed by atoms with Gasteiger partial charge in [0, 0.05) is 87.5 Å². The molecule has 0 spiro atoms. The van der Waals surface area contributed by atoms with Crippen LogP contribution >= 0.6 is 45.1 Å². The molecule has 1 aromatic heterocycles. The minimum absolute atomic E-state index is 0.0111. The quantitative estimate of drug-likeness (QED) is 0.0167. The maximum absolute atomic E-state index is 14.4. The molecule has 37 nitrogen and oxygen atoms in total. The average molecular weight is 1640 g/mol. The fraction of sp³-hybridized carbons (Fsp3) is 0.529. The van der Waals surface area contributed by atoms with Crippen LogP contribution in [0.1, 0.15) is 141 Å². The first kappa shape index (κ1) is 90.9. The molecule has 6 amide bonds. The number of phosphoric ester groups is 1. The van der Waals surface area contributed by atoms with Crippen molar-refractivity contribution in [1.29, 1.82) is 0 Å². The number of aliphatic hydroxyl groups excluding tert-OH is 1. The van der Waals surface area contributed by atoms with E-state index in [4.69, 9.17) is 39.8 Å². The number of carboxylic acids is 3. The van der Waals surface area contributed by atoms with Crippen LogP contribution in [0.3, 0.4) is 0 Å². The second-order valence-electron chi connectivity index (χ2n) is 25.5. The molecule has 1 saturated heterocycles. The number of allylic oxidation sites excluding steroid dienone is 4. The number of hydrogen-bond donors (Lipinski definition) is 14. The maximum atomic E-state index is 14.4. The van der Waals surface area contributed by atoms with Gasteiger partial charge in [-0.1, -0.05) is 88.8 Å². The molecule has 110 heavy (non-hydrogen) atoms. The second-order valence-corrected chi connectivity index (χ2v) is 32.6. The molecule has 2 aromatic carbocycles. The minimum Gasteiger partial charge on any atom is -0.481 e. The Balaban J connectivity index is 0.918. The van der Waals surface area contributed by atoms with Gasteiger partial charge in [0.25, 0.3) is 5.91 Å². The summed E-state index contributed by atoms with van der Waals surface area (Å²) in [5, 5.41) is 50.8. The Bertz CT molecular complexity index is 4200. The third-order valence-electron chi connectivity index (χ3n) is 17.1. The van der Waals surface area contributed by atoms with E-state index in [1.807, 2.05) is 30.4 Å². The fourth-order valence-electron chi connectivity index (χ4n) is 11.9. The number of benzene rings is 2. The van der Waals surface area contributed by atoms with Crippen molar-refractivity contribution in [3.63, 3.8) is 0 Å². The maximum Gasteiger partial charge on any atom is 0.490 e. The highest BCUT2D eigenvalue weighted by molar-refractivity contribution is 8.76. The molecule has 1 fully saturated rings. The molecular formula is C68H93N10O27P3S2. The lowest BCUT2D eigenvalue weighted by atomic mass is 9.65. The molecule has 3 aliphatic rings. The van der Waals surface area contributed by atoms with Gasteiger partial charge < -0.3 is 91.4 Å². The second kappa shape index (κ2) is 43.7. The van der Waals surface area contributed by atoms with Crippen molar-refractivity contribution in [3.8, 4) is 11.8 Å². The highest BCUT2D eigenvalue weighted by Gasteiger charge is 2.44. The van der Waals surface area contributed by atoms with Crippen LogP contribution in [0.5, 0.6) is 0 Å². The number of carbonyl (C=O) groups excluding carboxylic acids is 6. The number of rotatable bonds is 45. The minimum atomic E-state index is -5.84. The zero-order valence-electron chi connectivity index (χ0n) is 60.9. The molecule has 15 N–H and O–H groups in total. The number of aromatic nitrogens is 2. The topological polar surface area (TPSA) is 559 Å². The number of nitrogens with one attached hydrogen (secondary N) is 5. The van der Waals surface area contributed by atoms with Crippen LogP contribution in [0, 0.1) is 24.7 Å². The van der Waals surface area contributed by atoms with E-state index >= 15 is 0 Å². The lowest BCUT2D eigenvalue weighted by Crippen LogP contribution is -2.56. The molecule has 2 heterocycles. The molecule has 8 unspecified atom stereocenters. The number of hydrogen-bond acceptors (Lipinski definition) is 25. The van der Waals surface area contributed by atoms with Crippen molar-refractivity contribution in [2.45, 2.75) is 147 Å². The Kier molecular flexibility index (Phi) is 36.1. The van der Waals surface area contributed by atoms with Crippen molar-refractivity contribution < 1.29 is 124 Å². The molecule has 3 aromatic rings. The predicted molar refractivity (Wildman–Crippen MR) is 400 cm³/mol. The van der Waals surface area contributed by atoms with Crippen LogP contribution in [-0.4, -0.2) is 222 Å². The molecule has 10 atom stereocenters. The molecule has 0 saturated carbocycles.